The van der Waals surface area contributed by atoms with Crippen molar-refractivity contribution < 1.29 is 42.8 Å². The fraction of sp³-hybridized carbons (Fsp3) is 0.435. The molecule has 6 aromatic rings. The topological polar surface area (TPSA) is 107 Å². The molecule has 9 heteroatoms. The zero-order chi connectivity index (χ0) is 56.7. The van der Waals surface area contributed by atoms with Crippen molar-refractivity contribution in [2.24, 2.45) is 5.41 Å². The molecule has 0 saturated heterocycles. The van der Waals surface area contributed by atoms with Gasteiger partial charge in [-0.2, -0.15) is 0 Å². The number of esters is 3. The third-order valence-corrected chi connectivity index (χ3v) is 16.9. The van der Waals surface area contributed by atoms with Crippen LogP contribution in [0.25, 0.3) is 11.1 Å². The normalized spacial score (nSPS) is 16.7. The van der Waals surface area contributed by atoms with E-state index in [-0.39, 0.29) is 22.2 Å². The Labute approximate surface area is 465 Å². The Hall–Kier alpha value is -6.87. The molecule has 0 heterocycles. The van der Waals surface area contributed by atoms with Gasteiger partial charge < -0.3 is 28.4 Å². The number of rotatable bonds is 20. The molecule has 4 atom stereocenters. The molecule has 0 radical (unpaired) electrons. The highest BCUT2D eigenvalue weighted by Crippen LogP contribution is 2.47. The first kappa shape index (κ1) is 58.8. The van der Waals surface area contributed by atoms with Crippen LogP contribution in [0.1, 0.15) is 177 Å². The predicted octanol–water partition coefficient (Wildman–Crippen LogP) is 17.1. The summed E-state index contributed by atoms with van der Waals surface area (Å²) in [5.74, 6) is 1.95. The number of carbonyl (C=O) groups excluding carboxylic acids is 3. The molecule has 1 aliphatic rings. The molecule has 78 heavy (non-hydrogen) atoms. The fourth-order valence-electron chi connectivity index (χ4n) is 10.3. The van der Waals surface area contributed by atoms with Crippen LogP contribution in [0.5, 0.6) is 34.5 Å². The van der Waals surface area contributed by atoms with E-state index in [4.69, 9.17) is 28.4 Å². The number of benzene rings is 6. The maximum atomic E-state index is 14.4. The molecule has 0 amide bonds. The van der Waals surface area contributed by atoms with Crippen molar-refractivity contribution >= 4 is 17.9 Å². The highest BCUT2D eigenvalue weighted by atomic mass is 16.6. The molecule has 3 unspecified atom stereocenters. The van der Waals surface area contributed by atoms with Crippen molar-refractivity contribution in [3.63, 3.8) is 0 Å². The lowest BCUT2D eigenvalue weighted by Gasteiger charge is -2.43. The summed E-state index contributed by atoms with van der Waals surface area (Å²) >= 11 is 0. The van der Waals surface area contributed by atoms with E-state index in [0.717, 1.165) is 47.9 Å². The molecule has 414 valence electrons. The standard InChI is InChI=1S/C69H84O9/c1-15-65(11,68(14,18-4)78-59-36-24-49(25-37-59)48-22-34-54(35-23-48)74-61(71)66(12,16-2)76-57-42-26-50(27-43-57)63(5,6)7)60(70)73-55-38-30-52(31-39-55)69(46-20-19-21-47-69)53-32-40-56(41-33-53)75-62(72)67(13,17-3)77-58-44-28-51(29-45-58)64(8,9)10/h22-45H,15-21,46-47H2,1-14H3/t65-,66?,67?,68?/m1/s1. The van der Waals surface area contributed by atoms with E-state index < -0.39 is 34.2 Å². The van der Waals surface area contributed by atoms with E-state index in [1.54, 1.807) is 26.0 Å². The van der Waals surface area contributed by atoms with Crippen molar-refractivity contribution in [2.45, 2.75) is 188 Å². The summed E-state index contributed by atoms with van der Waals surface area (Å²) in [6.45, 7) is 28.3. The van der Waals surface area contributed by atoms with Crippen LogP contribution in [-0.2, 0) is 30.6 Å². The van der Waals surface area contributed by atoms with Gasteiger partial charge >= 0.3 is 17.9 Å². The third kappa shape index (κ3) is 13.0. The van der Waals surface area contributed by atoms with Gasteiger partial charge in [-0.25, -0.2) is 9.59 Å². The van der Waals surface area contributed by atoms with Gasteiger partial charge in [0.15, 0.2) is 0 Å². The van der Waals surface area contributed by atoms with Gasteiger partial charge in [-0.05, 0) is 183 Å². The van der Waals surface area contributed by atoms with Crippen LogP contribution in [0.2, 0.25) is 0 Å². The van der Waals surface area contributed by atoms with Gasteiger partial charge in [0.1, 0.15) is 45.5 Å². The number of hydrogen-bond acceptors (Lipinski definition) is 9. The smallest absolute Gasteiger partial charge is 0.355 e. The molecule has 0 spiro atoms. The lowest BCUT2D eigenvalue weighted by atomic mass is 9.65. The van der Waals surface area contributed by atoms with Gasteiger partial charge in [0.05, 0.1) is 0 Å². The molecular weight excluding hydrogens is 973 g/mol. The first-order chi connectivity index (χ1) is 36.8. The molecule has 0 N–H and O–H groups in total. The average Bonchev–Trinajstić information content (AvgIpc) is 3.43. The van der Waals surface area contributed by atoms with Crippen LogP contribution in [0.4, 0.5) is 0 Å². The summed E-state index contributed by atoms with van der Waals surface area (Å²) in [6, 6.07) is 46.9. The van der Waals surface area contributed by atoms with Crippen LogP contribution < -0.4 is 28.4 Å². The molecule has 6 aromatic carbocycles. The molecule has 0 aromatic heterocycles. The van der Waals surface area contributed by atoms with Crippen LogP contribution >= 0.6 is 0 Å². The maximum absolute atomic E-state index is 14.4. The molecule has 0 bridgehead atoms. The summed E-state index contributed by atoms with van der Waals surface area (Å²) in [7, 11) is 0. The Morgan fingerprint density at radius 3 is 1.03 bits per heavy atom. The van der Waals surface area contributed by atoms with Gasteiger partial charge in [-0.15, -0.1) is 0 Å². The van der Waals surface area contributed by atoms with E-state index in [1.165, 1.54) is 17.5 Å². The maximum Gasteiger partial charge on any atom is 0.355 e. The highest BCUT2D eigenvalue weighted by molar-refractivity contribution is 5.83. The first-order valence-electron chi connectivity index (χ1n) is 28.2. The molecule has 1 saturated carbocycles. The Kier molecular flexibility index (Phi) is 17.8. The summed E-state index contributed by atoms with van der Waals surface area (Å²) in [5, 5.41) is 0. The summed E-state index contributed by atoms with van der Waals surface area (Å²) in [6.07, 6.45) is 7.17. The van der Waals surface area contributed by atoms with Gasteiger partial charge in [-0.3, -0.25) is 4.79 Å². The zero-order valence-corrected chi connectivity index (χ0v) is 48.9. The second-order valence-corrected chi connectivity index (χ2v) is 24.2. The molecule has 7 rings (SSSR count). The summed E-state index contributed by atoms with van der Waals surface area (Å²) in [5.41, 5.74) is 2.07. The molecule has 0 aliphatic heterocycles. The van der Waals surface area contributed by atoms with E-state index in [1.807, 2.05) is 151 Å². The van der Waals surface area contributed by atoms with Crippen molar-refractivity contribution in [1.82, 2.24) is 0 Å². The quantitative estimate of drug-likeness (QED) is 0.0546. The molecule has 1 fully saturated rings. The zero-order valence-electron chi connectivity index (χ0n) is 48.9. The van der Waals surface area contributed by atoms with Gasteiger partial charge in [0, 0.05) is 5.41 Å². The van der Waals surface area contributed by atoms with E-state index in [9.17, 15) is 14.4 Å². The number of hydrogen-bond donors (Lipinski definition) is 0. The Bertz CT molecular complexity index is 2960. The minimum Gasteiger partial charge on any atom is -0.486 e. The number of ether oxygens (including phenoxy) is 6. The lowest BCUT2D eigenvalue weighted by Crippen LogP contribution is -2.54. The van der Waals surface area contributed by atoms with Crippen molar-refractivity contribution in [3.05, 3.63) is 168 Å². The third-order valence-electron chi connectivity index (χ3n) is 16.9. The van der Waals surface area contributed by atoms with Crippen LogP contribution in [0.15, 0.2) is 146 Å². The largest absolute Gasteiger partial charge is 0.486 e. The second-order valence-electron chi connectivity index (χ2n) is 24.2. The predicted molar refractivity (Wildman–Crippen MR) is 312 cm³/mol. The molecular formula is C69H84O9. The molecule has 9 nitrogen and oxygen atoms in total. The Morgan fingerprint density at radius 2 is 0.692 bits per heavy atom. The van der Waals surface area contributed by atoms with Crippen LogP contribution in [-0.4, -0.2) is 34.7 Å². The summed E-state index contributed by atoms with van der Waals surface area (Å²) in [4.78, 5) is 41.5. The van der Waals surface area contributed by atoms with Crippen LogP contribution in [0, 0.1) is 5.41 Å². The van der Waals surface area contributed by atoms with Gasteiger partial charge in [0.2, 0.25) is 11.2 Å². The highest BCUT2D eigenvalue weighted by Gasteiger charge is 2.52. The van der Waals surface area contributed by atoms with E-state index >= 15 is 0 Å². The van der Waals surface area contributed by atoms with Crippen molar-refractivity contribution in [3.8, 4) is 45.6 Å². The minimum atomic E-state index is -1.17. The van der Waals surface area contributed by atoms with Crippen molar-refractivity contribution in [1.29, 1.82) is 0 Å². The number of carbonyl (C=O) groups is 3. The van der Waals surface area contributed by atoms with Crippen molar-refractivity contribution in [2.75, 3.05) is 0 Å². The van der Waals surface area contributed by atoms with Crippen LogP contribution in [0.3, 0.4) is 0 Å². The minimum absolute atomic E-state index is 0.00843. The van der Waals surface area contributed by atoms with E-state index in [2.05, 4.69) is 65.8 Å². The lowest BCUT2D eigenvalue weighted by molar-refractivity contribution is -0.160. The Balaban J connectivity index is 0.977. The average molecular weight is 1060 g/mol. The monoisotopic (exact) mass is 1060 g/mol. The first-order valence-corrected chi connectivity index (χ1v) is 28.2. The van der Waals surface area contributed by atoms with Gasteiger partial charge in [0.25, 0.3) is 0 Å². The SMILES string of the molecule is CCC(C)(Oc1ccc(C(C)(C)C)cc1)C(=O)Oc1ccc(-c2ccc(OC(C)(CC)[C@](C)(CC)C(=O)Oc3ccc(C4(c5ccc(OC(=O)C(C)(CC)Oc6ccc(C(C)(C)C)cc6)cc5)CCCCC4)cc3)cc2)cc1. The van der Waals surface area contributed by atoms with Gasteiger partial charge in [-0.1, -0.05) is 161 Å². The summed E-state index contributed by atoms with van der Waals surface area (Å²) < 4.78 is 37.3. The Morgan fingerprint density at radius 1 is 0.372 bits per heavy atom. The van der Waals surface area contributed by atoms with E-state index in [0.29, 0.717) is 60.2 Å². The second kappa shape index (κ2) is 23.6. The molecule has 1 aliphatic carbocycles. The fourth-order valence-corrected chi connectivity index (χ4v) is 10.3.